The highest BCUT2D eigenvalue weighted by Crippen LogP contribution is 2.53. The van der Waals surface area contributed by atoms with Gasteiger partial charge in [0.05, 0.1) is 0 Å². The van der Waals surface area contributed by atoms with Gasteiger partial charge < -0.3 is 19.6 Å². The topological polar surface area (TPSA) is 13.0 Å². The first kappa shape index (κ1) is 53.8. The molecule has 2 aliphatic carbocycles. The van der Waals surface area contributed by atoms with E-state index in [1.54, 1.807) is 0 Å². The van der Waals surface area contributed by atoms with Gasteiger partial charge >= 0.3 is 0 Å². The predicted molar refractivity (Wildman–Crippen MR) is 371 cm³/mol. The molecule has 0 saturated heterocycles. The molecule has 422 valence electrons. The van der Waals surface area contributed by atoms with Crippen LogP contribution in [0, 0.1) is 0 Å². The van der Waals surface area contributed by atoms with Gasteiger partial charge in [0.1, 0.15) is 0 Å². The highest BCUT2D eigenvalue weighted by atomic mass is 15.2. The van der Waals surface area contributed by atoms with Crippen LogP contribution in [0.5, 0.6) is 0 Å². The van der Waals surface area contributed by atoms with E-state index in [2.05, 4.69) is 375 Å². The van der Waals surface area contributed by atoms with Crippen molar-refractivity contribution in [1.82, 2.24) is 0 Å². The molecule has 4 heteroatoms. The lowest BCUT2D eigenvalue weighted by atomic mass is 9.82. The summed E-state index contributed by atoms with van der Waals surface area (Å²) in [4.78, 5) is 9.42. The second-order valence-electron chi connectivity index (χ2n) is 24.2. The van der Waals surface area contributed by atoms with Gasteiger partial charge in [-0.3, -0.25) is 0 Å². The van der Waals surface area contributed by atoms with Gasteiger partial charge in [0.15, 0.2) is 0 Å². The molecule has 0 aliphatic heterocycles. The number of hydrogen-bond donors (Lipinski definition) is 0. The van der Waals surface area contributed by atoms with Crippen molar-refractivity contribution in [3.05, 3.63) is 350 Å². The zero-order valence-corrected chi connectivity index (χ0v) is 50.0. The van der Waals surface area contributed by atoms with Crippen molar-refractivity contribution in [2.45, 2.75) is 38.5 Å². The largest absolute Gasteiger partial charge is 0.311 e. The number of para-hydroxylation sites is 4. The molecule has 2 aliphatic rings. The molecule has 0 bridgehead atoms. The minimum Gasteiger partial charge on any atom is -0.311 e. The van der Waals surface area contributed by atoms with Crippen molar-refractivity contribution in [2.75, 3.05) is 19.6 Å². The van der Waals surface area contributed by atoms with Crippen LogP contribution in [0.4, 0.5) is 68.2 Å². The monoisotopic (exact) mass is 1130 g/mol. The Bertz CT molecular complexity index is 4320. The lowest BCUT2D eigenvalue weighted by Crippen LogP contribution is -2.16. The molecule has 0 N–H and O–H groups in total. The van der Waals surface area contributed by atoms with Crippen molar-refractivity contribution >= 4 is 68.2 Å². The SMILES string of the molecule is CC1(C)c2ccccc2-c2ccc(N(c3ccccc3)c3ccc(-c4ccc(N(c5ccccc5)c5ccc(N(c6ccccc6)c6ccc(-c7ccc(N(c8ccccc8)c8ccc9c(c8)C(C)(C)c8ccccc8-9)cc7)cc6)cc5)cc4)cc3)cc21. The molecule has 0 saturated carbocycles. The summed E-state index contributed by atoms with van der Waals surface area (Å²) in [5, 5.41) is 0. The average Bonchev–Trinajstić information content (AvgIpc) is 1.73. The molecule has 15 rings (SSSR count). The summed E-state index contributed by atoms with van der Waals surface area (Å²) in [5.41, 5.74) is 28.4. The molecule has 0 amide bonds. The quantitative estimate of drug-likeness (QED) is 0.108. The lowest BCUT2D eigenvalue weighted by molar-refractivity contribution is 0.660. The van der Waals surface area contributed by atoms with Crippen LogP contribution in [-0.4, -0.2) is 0 Å². The van der Waals surface area contributed by atoms with E-state index in [0.717, 1.165) is 90.5 Å². The van der Waals surface area contributed by atoms with Crippen LogP contribution < -0.4 is 19.6 Å². The number of fused-ring (bicyclic) bond motifs is 6. The van der Waals surface area contributed by atoms with Crippen LogP contribution in [0.25, 0.3) is 44.5 Å². The summed E-state index contributed by atoms with van der Waals surface area (Å²) in [6.45, 7) is 9.39. The first-order valence-corrected chi connectivity index (χ1v) is 30.6. The lowest BCUT2D eigenvalue weighted by Gasteiger charge is -2.29. The summed E-state index contributed by atoms with van der Waals surface area (Å²) >= 11 is 0. The Morgan fingerprint density at radius 1 is 0.170 bits per heavy atom. The molecule has 0 atom stereocenters. The molecular weight excluding hydrogens is 1060 g/mol. The normalized spacial score (nSPS) is 13.0. The number of nitrogens with zero attached hydrogens (tertiary/aromatic N) is 4. The number of anilines is 12. The van der Waals surface area contributed by atoms with Gasteiger partial charge in [-0.25, -0.2) is 0 Å². The third-order valence-electron chi connectivity index (χ3n) is 18.2. The highest BCUT2D eigenvalue weighted by Gasteiger charge is 2.37. The second-order valence-corrected chi connectivity index (χ2v) is 24.2. The molecule has 4 nitrogen and oxygen atoms in total. The maximum absolute atomic E-state index is 2.40. The fraction of sp³-hybridized carbons (Fsp3) is 0.0714. The Labute approximate surface area is 517 Å². The van der Waals surface area contributed by atoms with Crippen LogP contribution in [0.1, 0.15) is 49.9 Å². The predicted octanol–water partition coefficient (Wildman–Crippen LogP) is 23.5. The zero-order chi connectivity index (χ0) is 59.3. The third kappa shape index (κ3) is 9.60. The Morgan fingerprint density at radius 3 is 0.636 bits per heavy atom. The highest BCUT2D eigenvalue weighted by molar-refractivity contribution is 5.89. The second kappa shape index (κ2) is 22.2. The first-order chi connectivity index (χ1) is 43.2. The van der Waals surface area contributed by atoms with Crippen LogP contribution in [-0.2, 0) is 10.8 Å². The van der Waals surface area contributed by atoms with E-state index in [4.69, 9.17) is 0 Å². The molecule has 0 aromatic heterocycles. The first-order valence-electron chi connectivity index (χ1n) is 30.6. The van der Waals surface area contributed by atoms with Crippen LogP contribution >= 0.6 is 0 Å². The summed E-state index contributed by atoms with van der Waals surface area (Å²) < 4.78 is 0. The smallest absolute Gasteiger partial charge is 0.0465 e. The van der Waals surface area contributed by atoms with Crippen LogP contribution in [0.15, 0.2) is 328 Å². The molecule has 0 fully saturated rings. The summed E-state index contributed by atoms with van der Waals surface area (Å²) in [7, 11) is 0. The van der Waals surface area contributed by atoms with Gasteiger partial charge in [-0.15, -0.1) is 0 Å². The van der Waals surface area contributed by atoms with Crippen LogP contribution in [0.3, 0.4) is 0 Å². The van der Waals surface area contributed by atoms with Crippen molar-refractivity contribution in [3.63, 3.8) is 0 Å². The Morgan fingerprint density at radius 2 is 0.364 bits per heavy atom. The average molecular weight is 1130 g/mol. The van der Waals surface area contributed by atoms with E-state index in [1.165, 1.54) is 44.5 Å². The maximum atomic E-state index is 2.40. The van der Waals surface area contributed by atoms with E-state index < -0.39 is 0 Å². The maximum Gasteiger partial charge on any atom is 0.0465 e. The van der Waals surface area contributed by atoms with E-state index >= 15 is 0 Å². The van der Waals surface area contributed by atoms with Gasteiger partial charge in [-0.05, 0) is 212 Å². The molecule has 13 aromatic carbocycles. The summed E-state index contributed by atoms with van der Waals surface area (Å²) in [6.07, 6.45) is 0. The minimum absolute atomic E-state index is 0.0967. The minimum atomic E-state index is -0.0967. The molecular formula is C84H66N4. The van der Waals surface area contributed by atoms with E-state index in [9.17, 15) is 0 Å². The van der Waals surface area contributed by atoms with Gasteiger partial charge in [0.2, 0.25) is 0 Å². The Hall–Kier alpha value is -10.9. The van der Waals surface area contributed by atoms with Crippen molar-refractivity contribution in [1.29, 1.82) is 0 Å². The summed E-state index contributed by atoms with van der Waals surface area (Å²) in [5.74, 6) is 0. The van der Waals surface area contributed by atoms with Gasteiger partial charge in [0, 0.05) is 79.1 Å². The van der Waals surface area contributed by atoms with Crippen molar-refractivity contribution < 1.29 is 0 Å². The van der Waals surface area contributed by atoms with Gasteiger partial charge in [-0.1, -0.05) is 210 Å². The van der Waals surface area contributed by atoms with E-state index in [1.807, 2.05) is 0 Å². The van der Waals surface area contributed by atoms with E-state index in [0.29, 0.717) is 0 Å². The van der Waals surface area contributed by atoms with E-state index in [-0.39, 0.29) is 10.8 Å². The molecule has 13 aromatic rings. The third-order valence-corrected chi connectivity index (χ3v) is 18.2. The fourth-order valence-electron chi connectivity index (χ4n) is 13.7. The van der Waals surface area contributed by atoms with Crippen molar-refractivity contribution in [3.8, 4) is 44.5 Å². The summed E-state index contributed by atoms with van der Waals surface area (Å²) in [6, 6.07) is 119. The Balaban J connectivity index is 0.691. The number of hydrogen-bond acceptors (Lipinski definition) is 4. The van der Waals surface area contributed by atoms with Crippen molar-refractivity contribution in [2.24, 2.45) is 0 Å². The molecule has 0 spiro atoms. The Kier molecular flexibility index (Phi) is 13.5. The molecule has 0 radical (unpaired) electrons. The number of benzene rings is 13. The van der Waals surface area contributed by atoms with Gasteiger partial charge in [0.25, 0.3) is 0 Å². The fourth-order valence-corrected chi connectivity index (χ4v) is 13.7. The molecule has 0 heterocycles. The standard InChI is InChI=1S/C84H66N4/c1-83(2)79-31-19-17-29-75(79)77-55-53-73(57-81(77)83)87(65-25-13-7-14-26-65)69-45-37-61(38-46-69)59-33-41-67(42-34-59)85(63-21-9-5-10-22-63)71-49-51-72(52-50-71)86(64-23-11-6-12-24-64)68-43-35-60(36-44-68)62-39-47-70(48-40-62)88(66-27-15-8-16-28-66)74-54-56-78-76-30-18-20-32-80(76)84(3,4)82(78)58-74/h5-58H,1-4H3. The van der Waals surface area contributed by atoms with Crippen LogP contribution in [0.2, 0.25) is 0 Å². The molecule has 88 heavy (non-hydrogen) atoms. The molecule has 0 unspecified atom stereocenters. The van der Waals surface area contributed by atoms with Gasteiger partial charge in [-0.2, -0.15) is 0 Å². The number of rotatable bonds is 14. The zero-order valence-electron chi connectivity index (χ0n) is 50.0.